The van der Waals surface area contributed by atoms with E-state index in [4.69, 9.17) is 17.2 Å². The van der Waals surface area contributed by atoms with Crippen molar-refractivity contribution >= 4 is 40.3 Å². The van der Waals surface area contributed by atoms with Gasteiger partial charge in [0, 0.05) is 39.6 Å². The first kappa shape index (κ1) is 17.8. The molecule has 7 heteroatoms. The van der Waals surface area contributed by atoms with E-state index in [-0.39, 0.29) is 22.9 Å². The highest BCUT2D eigenvalue weighted by molar-refractivity contribution is 6.09. The maximum Gasteiger partial charge on any atom is 0.255 e. The van der Waals surface area contributed by atoms with Crippen LogP contribution in [0.2, 0.25) is 0 Å². The molecule has 0 saturated carbocycles. The Morgan fingerprint density at radius 2 is 0.926 bits per heavy atom. The number of carbonyl (C=O) groups is 2. The van der Waals surface area contributed by atoms with Crippen molar-refractivity contribution in [2.45, 2.75) is 0 Å². The summed E-state index contributed by atoms with van der Waals surface area (Å²) < 4.78 is 0. The lowest BCUT2D eigenvalue weighted by Gasteiger charge is -2.10. The molecule has 27 heavy (non-hydrogen) atoms. The second-order valence-corrected chi connectivity index (χ2v) is 6.00. The molecule has 0 aliphatic heterocycles. The van der Waals surface area contributed by atoms with Gasteiger partial charge in [0.1, 0.15) is 0 Å². The third kappa shape index (κ3) is 4.55. The highest BCUT2D eigenvalue weighted by atomic mass is 16.2. The standard InChI is InChI=1S/C20H19N5O2/c21-14-1-5-17(6-2-14)24-19(26)12-9-13(11-16(23)10-12)20(27)25-18-7-3-15(22)4-8-18/h1-11H,21-23H2,(H,24,26)(H,25,27). The monoisotopic (exact) mass is 361 g/mol. The lowest BCUT2D eigenvalue weighted by molar-refractivity contribution is 0.102. The summed E-state index contributed by atoms with van der Waals surface area (Å²) in [5, 5.41) is 5.48. The van der Waals surface area contributed by atoms with Gasteiger partial charge in [0.25, 0.3) is 11.8 Å². The molecule has 0 unspecified atom stereocenters. The van der Waals surface area contributed by atoms with Crippen LogP contribution in [0.1, 0.15) is 20.7 Å². The maximum atomic E-state index is 12.5. The van der Waals surface area contributed by atoms with Crippen LogP contribution in [-0.2, 0) is 0 Å². The number of anilines is 5. The Morgan fingerprint density at radius 3 is 1.30 bits per heavy atom. The Kier molecular flexibility index (Phi) is 4.94. The molecule has 136 valence electrons. The van der Waals surface area contributed by atoms with E-state index in [2.05, 4.69) is 10.6 Å². The zero-order valence-corrected chi connectivity index (χ0v) is 14.4. The summed E-state index contributed by atoms with van der Waals surface area (Å²) in [4.78, 5) is 25.0. The van der Waals surface area contributed by atoms with Crippen molar-refractivity contribution in [3.63, 3.8) is 0 Å². The van der Waals surface area contributed by atoms with Crippen LogP contribution in [-0.4, -0.2) is 11.8 Å². The van der Waals surface area contributed by atoms with E-state index in [1.165, 1.54) is 18.2 Å². The van der Waals surface area contributed by atoms with Gasteiger partial charge in [0.15, 0.2) is 0 Å². The number of amides is 2. The van der Waals surface area contributed by atoms with Crippen molar-refractivity contribution in [1.82, 2.24) is 0 Å². The van der Waals surface area contributed by atoms with Gasteiger partial charge in [-0.25, -0.2) is 0 Å². The molecule has 0 spiro atoms. The molecular weight excluding hydrogens is 342 g/mol. The lowest BCUT2D eigenvalue weighted by atomic mass is 10.1. The van der Waals surface area contributed by atoms with Crippen molar-refractivity contribution in [3.8, 4) is 0 Å². The molecular formula is C20H19N5O2. The minimum atomic E-state index is -0.381. The molecule has 0 bridgehead atoms. The van der Waals surface area contributed by atoms with E-state index in [1.54, 1.807) is 48.5 Å². The molecule has 0 heterocycles. The van der Waals surface area contributed by atoms with Gasteiger partial charge < -0.3 is 27.8 Å². The van der Waals surface area contributed by atoms with Gasteiger partial charge in [-0.15, -0.1) is 0 Å². The Balaban J connectivity index is 1.78. The van der Waals surface area contributed by atoms with Crippen molar-refractivity contribution < 1.29 is 9.59 Å². The summed E-state index contributed by atoms with van der Waals surface area (Å²) in [6.07, 6.45) is 0. The van der Waals surface area contributed by atoms with E-state index in [0.717, 1.165) is 0 Å². The minimum absolute atomic E-state index is 0.272. The summed E-state index contributed by atoms with van der Waals surface area (Å²) in [5.41, 5.74) is 20.4. The van der Waals surface area contributed by atoms with E-state index in [1.807, 2.05) is 0 Å². The maximum absolute atomic E-state index is 12.5. The number of carbonyl (C=O) groups excluding carboxylic acids is 2. The normalized spacial score (nSPS) is 10.2. The number of nitrogen functional groups attached to an aromatic ring is 3. The average Bonchev–Trinajstić information content (AvgIpc) is 2.65. The number of nitrogens with two attached hydrogens (primary N) is 3. The molecule has 0 aliphatic rings. The Bertz CT molecular complexity index is 905. The zero-order chi connectivity index (χ0) is 19.4. The molecule has 8 N–H and O–H groups in total. The second kappa shape index (κ2) is 7.49. The largest absolute Gasteiger partial charge is 0.399 e. The predicted octanol–water partition coefficient (Wildman–Crippen LogP) is 2.94. The van der Waals surface area contributed by atoms with Gasteiger partial charge in [-0.1, -0.05) is 0 Å². The van der Waals surface area contributed by atoms with Gasteiger partial charge >= 0.3 is 0 Å². The van der Waals surface area contributed by atoms with E-state index in [9.17, 15) is 9.59 Å². The van der Waals surface area contributed by atoms with Crippen LogP contribution in [0.5, 0.6) is 0 Å². The fraction of sp³-hybridized carbons (Fsp3) is 0. The number of rotatable bonds is 4. The molecule has 0 aliphatic carbocycles. The van der Waals surface area contributed by atoms with Crippen LogP contribution >= 0.6 is 0 Å². The smallest absolute Gasteiger partial charge is 0.255 e. The first-order valence-electron chi connectivity index (χ1n) is 8.15. The van der Waals surface area contributed by atoms with Gasteiger partial charge in [-0.05, 0) is 66.7 Å². The SMILES string of the molecule is Nc1ccc(NC(=O)c2cc(N)cc(C(=O)Nc3ccc(N)cc3)c2)cc1. The van der Waals surface area contributed by atoms with Crippen molar-refractivity contribution in [1.29, 1.82) is 0 Å². The highest BCUT2D eigenvalue weighted by Crippen LogP contribution is 2.18. The summed E-state index contributed by atoms with van der Waals surface area (Å²) in [6.45, 7) is 0. The summed E-state index contributed by atoms with van der Waals surface area (Å²) in [5.74, 6) is -0.762. The van der Waals surface area contributed by atoms with Crippen LogP contribution in [0.15, 0.2) is 66.7 Å². The molecule has 2 amide bonds. The molecule has 0 saturated heterocycles. The predicted molar refractivity (Wildman–Crippen MR) is 108 cm³/mol. The average molecular weight is 361 g/mol. The van der Waals surface area contributed by atoms with E-state index >= 15 is 0 Å². The van der Waals surface area contributed by atoms with Crippen molar-refractivity contribution in [2.75, 3.05) is 27.8 Å². The van der Waals surface area contributed by atoms with Gasteiger partial charge in [-0.2, -0.15) is 0 Å². The quantitative estimate of drug-likeness (QED) is 0.455. The Labute approximate surface area is 156 Å². The zero-order valence-electron chi connectivity index (χ0n) is 14.4. The van der Waals surface area contributed by atoms with Gasteiger partial charge in [0.05, 0.1) is 0 Å². The Hall–Kier alpha value is -4.00. The van der Waals surface area contributed by atoms with Crippen LogP contribution < -0.4 is 27.8 Å². The molecule has 3 rings (SSSR count). The molecule has 0 fully saturated rings. The summed E-state index contributed by atoms with van der Waals surface area (Å²) >= 11 is 0. The second-order valence-electron chi connectivity index (χ2n) is 6.00. The fourth-order valence-corrected chi connectivity index (χ4v) is 2.45. The van der Waals surface area contributed by atoms with Gasteiger partial charge in [0.2, 0.25) is 0 Å². The molecule has 3 aromatic rings. The first-order chi connectivity index (χ1) is 12.9. The van der Waals surface area contributed by atoms with Crippen molar-refractivity contribution in [2.24, 2.45) is 0 Å². The number of benzene rings is 3. The van der Waals surface area contributed by atoms with Crippen LogP contribution in [0.4, 0.5) is 28.4 Å². The third-order valence-electron chi connectivity index (χ3n) is 3.82. The van der Waals surface area contributed by atoms with Gasteiger partial charge in [-0.3, -0.25) is 9.59 Å². The Morgan fingerprint density at radius 1 is 0.556 bits per heavy atom. The molecule has 0 aromatic heterocycles. The number of nitrogens with one attached hydrogen (secondary N) is 2. The van der Waals surface area contributed by atoms with Crippen LogP contribution in [0.25, 0.3) is 0 Å². The van der Waals surface area contributed by atoms with Crippen LogP contribution in [0.3, 0.4) is 0 Å². The number of hydrogen-bond donors (Lipinski definition) is 5. The van der Waals surface area contributed by atoms with Crippen LogP contribution in [0, 0.1) is 0 Å². The molecule has 3 aromatic carbocycles. The topological polar surface area (TPSA) is 136 Å². The highest BCUT2D eigenvalue weighted by Gasteiger charge is 2.13. The molecule has 7 nitrogen and oxygen atoms in total. The summed E-state index contributed by atoms with van der Waals surface area (Å²) in [7, 11) is 0. The van der Waals surface area contributed by atoms with E-state index in [0.29, 0.717) is 28.4 Å². The van der Waals surface area contributed by atoms with E-state index < -0.39 is 0 Å². The number of hydrogen-bond acceptors (Lipinski definition) is 5. The first-order valence-corrected chi connectivity index (χ1v) is 8.15. The third-order valence-corrected chi connectivity index (χ3v) is 3.82. The molecule has 0 radical (unpaired) electrons. The lowest BCUT2D eigenvalue weighted by Crippen LogP contribution is -2.16. The van der Waals surface area contributed by atoms with Crippen molar-refractivity contribution in [3.05, 3.63) is 77.9 Å². The summed E-state index contributed by atoms with van der Waals surface area (Å²) in [6, 6.07) is 18.0. The molecule has 0 atom stereocenters. The fourth-order valence-electron chi connectivity index (χ4n) is 2.45. The minimum Gasteiger partial charge on any atom is -0.399 e.